The summed E-state index contributed by atoms with van der Waals surface area (Å²) in [7, 11) is 0. The molecule has 3 rings (SSSR count). The lowest BCUT2D eigenvalue weighted by molar-refractivity contribution is -0.129. The number of carbonyl (C=O) groups excluding carboxylic acids is 3. The number of fused-ring (bicyclic) bond motifs is 1. The summed E-state index contributed by atoms with van der Waals surface area (Å²) in [5.41, 5.74) is 0. The van der Waals surface area contributed by atoms with Crippen LogP contribution in [-0.2, 0) is 9.53 Å². The summed E-state index contributed by atoms with van der Waals surface area (Å²) in [5.74, 6) is -0.0943. The van der Waals surface area contributed by atoms with Gasteiger partial charge in [-0.05, 0) is 26.2 Å². The average molecular weight is 281 g/mol. The van der Waals surface area contributed by atoms with Gasteiger partial charge in [-0.3, -0.25) is 9.69 Å². The summed E-state index contributed by atoms with van der Waals surface area (Å²) in [4.78, 5) is 40.9. The van der Waals surface area contributed by atoms with Crippen LogP contribution in [0.25, 0.3) is 0 Å². The normalized spacial score (nSPS) is 29.4. The van der Waals surface area contributed by atoms with E-state index in [1.807, 2.05) is 0 Å². The van der Waals surface area contributed by atoms with Crippen LogP contribution in [-0.4, -0.2) is 71.1 Å². The van der Waals surface area contributed by atoms with E-state index < -0.39 is 0 Å². The predicted octanol–water partition coefficient (Wildman–Crippen LogP) is 0.644. The van der Waals surface area contributed by atoms with Crippen LogP contribution in [0.5, 0.6) is 0 Å². The number of urea groups is 1. The molecule has 110 valence electrons. The van der Waals surface area contributed by atoms with Gasteiger partial charge < -0.3 is 14.5 Å². The first-order chi connectivity index (χ1) is 9.63. The maximum absolute atomic E-state index is 12.3. The van der Waals surface area contributed by atoms with Crippen molar-refractivity contribution >= 4 is 18.0 Å². The second-order valence-corrected chi connectivity index (χ2v) is 5.43. The lowest BCUT2D eigenvalue weighted by atomic mass is 10.2. The van der Waals surface area contributed by atoms with Crippen LogP contribution in [0.2, 0.25) is 0 Å². The fourth-order valence-corrected chi connectivity index (χ4v) is 3.31. The Hall–Kier alpha value is -1.79. The van der Waals surface area contributed by atoms with Crippen molar-refractivity contribution in [1.82, 2.24) is 14.7 Å². The van der Waals surface area contributed by atoms with Gasteiger partial charge in [-0.15, -0.1) is 0 Å². The van der Waals surface area contributed by atoms with Crippen molar-refractivity contribution < 1.29 is 19.1 Å². The van der Waals surface area contributed by atoms with Gasteiger partial charge in [0, 0.05) is 19.6 Å². The summed E-state index contributed by atoms with van der Waals surface area (Å²) < 4.78 is 4.95. The van der Waals surface area contributed by atoms with Gasteiger partial charge in [0.15, 0.2) is 0 Å². The summed E-state index contributed by atoms with van der Waals surface area (Å²) in [5, 5.41) is 0. The number of carbonyl (C=O) groups is 3. The van der Waals surface area contributed by atoms with Crippen LogP contribution in [0.4, 0.5) is 9.59 Å². The van der Waals surface area contributed by atoms with Gasteiger partial charge in [0.25, 0.3) is 5.91 Å². The zero-order valence-corrected chi connectivity index (χ0v) is 11.6. The third-order valence-electron chi connectivity index (χ3n) is 4.28. The van der Waals surface area contributed by atoms with Gasteiger partial charge in [-0.1, -0.05) is 0 Å². The Morgan fingerprint density at radius 1 is 1.30 bits per heavy atom. The standard InChI is InChI=1S/C13H19N3O4/c1-2-20-13(19)14-7-5-9(8-14)16-11(17)10-4-3-6-15(10)12(16)18/h9-10H,2-8H2,1H3/t9-,10-/m1/s1. The van der Waals surface area contributed by atoms with Gasteiger partial charge in [-0.25, -0.2) is 9.59 Å². The molecule has 0 spiro atoms. The van der Waals surface area contributed by atoms with Gasteiger partial charge >= 0.3 is 12.1 Å². The minimum absolute atomic E-state index is 0.0943. The van der Waals surface area contributed by atoms with Gasteiger partial charge in [-0.2, -0.15) is 0 Å². The maximum Gasteiger partial charge on any atom is 0.409 e. The molecule has 3 saturated heterocycles. The highest BCUT2D eigenvalue weighted by atomic mass is 16.6. The second kappa shape index (κ2) is 4.96. The fourth-order valence-electron chi connectivity index (χ4n) is 3.31. The number of hydrogen-bond acceptors (Lipinski definition) is 4. The Bertz CT molecular complexity index is 431. The molecule has 0 aromatic carbocycles. The summed E-state index contributed by atoms with van der Waals surface area (Å²) in [6.07, 6.45) is 1.93. The number of rotatable bonds is 2. The minimum atomic E-state index is -0.366. The second-order valence-electron chi connectivity index (χ2n) is 5.43. The zero-order chi connectivity index (χ0) is 14.3. The van der Waals surface area contributed by atoms with Crippen molar-refractivity contribution in [2.24, 2.45) is 0 Å². The fraction of sp³-hybridized carbons (Fsp3) is 0.769. The van der Waals surface area contributed by atoms with Crippen LogP contribution < -0.4 is 0 Å². The lowest BCUT2D eigenvalue weighted by Crippen LogP contribution is -2.44. The first-order valence-electron chi connectivity index (χ1n) is 7.19. The first-order valence-corrected chi connectivity index (χ1v) is 7.19. The molecule has 7 nitrogen and oxygen atoms in total. The molecule has 0 bridgehead atoms. The number of nitrogens with zero attached hydrogens (tertiary/aromatic N) is 3. The van der Waals surface area contributed by atoms with E-state index in [4.69, 9.17) is 4.74 Å². The van der Waals surface area contributed by atoms with Crippen molar-refractivity contribution in [3.8, 4) is 0 Å². The quantitative estimate of drug-likeness (QED) is 0.697. The van der Waals surface area contributed by atoms with Crippen molar-refractivity contribution in [2.75, 3.05) is 26.2 Å². The lowest BCUT2D eigenvalue weighted by Gasteiger charge is -2.22. The highest BCUT2D eigenvalue weighted by Gasteiger charge is 2.51. The molecular formula is C13H19N3O4. The topological polar surface area (TPSA) is 70.2 Å². The van der Waals surface area contributed by atoms with E-state index in [2.05, 4.69) is 0 Å². The zero-order valence-electron chi connectivity index (χ0n) is 11.6. The van der Waals surface area contributed by atoms with Crippen LogP contribution in [0.3, 0.4) is 0 Å². The molecule has 20 heavy (non-hydrogen) atoms. The molecule has 4 amide bonds. The number of imide groups is 1. The van der Waals surface area contributed by atoms with Crippen LogP contribution in [0, 0.1) is 0 Å². The van der Waals surface area contributed by atoms with Gasteiger partial charge in [0.05, 0.1) is 12.6 Å². The van der Waals surface area contributed by atoms with Crippen molar-refractivity contribution in [3.63, 3.8) is 0 Å². The average Bonchev–Trinajstić information content (AvgIpc) is 3.11. The maximum atomic E-state index is 12.3. The molecule has 0 saturated carbocycles. The molecule has 3 aliphatic heterocycles. The number of ether oxygens (including phenoxy) is 1. The molecule has 0 aromatic heterocycles. The van der Waals surface area contributed by atoms with Crippen LogP contribution in [0.15, 0.2) is 0 Å². The molecule has 0 N–H and O–H groups in total. The Morgan fingerprint density at radius 3 is 2.80 bits per heavy atom. The molecule has 0 aliphatic carbocycles. The molecule has 0 radical (unpaired) electrons. The molecule has 0 aromatic rings. The van der Waals surface area contributed by atoms with E-state index in [-0.39, 0.29) is 30.1 Å². The van der Waals surface area contributed by atoms with Gasteiger partial charge in [0.2, 0.25) is 0 Å². The molecule has 3 fully saturated rings. The SMILES string of the molecule is CCOC(=O)N1CC[C@@H](N2C(=O)[C@H]3CCCN3C2=O)C1. The van der Waals surface area contributed by atoms with Crippen LogP contribution in [0.1, 0.15) is 26.2 Å². The van der Waals surface area contributed by atoms with E-state index in [9.17, 15) is 14.4 Å². The van der Waals surface area contributed by atoms with Crippen LogP contribution >= 0.6 is 0 Å². The Balaban J connectivity index is 1.68. The first kappa shape index (κ1) is 13.2. The van der Waals surface area contributed by atoms with Crippen molar-refractivity contribution in [3.05, 3.63) is 0 Å². The Labute approximate surface area is 117 Å². The molecule has 2 atom stereocenters. The largest absolute Gasteiger partial charge is 0.450 e. The highest BCUT2D eigenvalue weighted by molar-refractivity contribution is 6.05. The monoisotopic (exact) mass is 281 g/mol. The Kier molecular flexibility index (Phi) is 3.27. The van der Waals surface area contributed by atoms with E-state index in [1.54, 1.807) is 16.7 Å². The molecule has 0 unspecified atom stereocenters. The molecule has 7 heteroatoms. The molecule has 3 heterocycles. The predicted molar refractivity (Wildman–Crippen MR) is 69.0 cm³/mol. The van der Waals surface area contributed by atoms with E-state index >= 15 is 0 Å². The summed E-state index contributed by atoms with van der Waals surface area (Å²) in [6.45, 7) is 3.67. The summed E-state index contributed by atoms with van der Waals surface area (Å²) >= 11 is 0. The molecule has 3 aliphatic rings. The van der Waals surface area contributed by atoms with Crippen molar-refractivity contribution in [2.45, 2.75) is 38.3 Å². The smallest absolute Gasteiger partial charge is 0.409 e. The molecular weight excluding hydrogens is 262 g/mol. The minimum Gasteiger partial charge on any atom is -0.450 e. The van der Waals surface area contributed by atoms with E-state index in [0.717, 1.165) is 12.8 Å². The van der Waals surface area contributed by atoms with Crippen molar-refractivity contribution in [1.29, 1.82) is 0 Å². The summed E-state index contributed by atoms with van der Waals surface area (Å²) in [6, 6.07) is -0.655. The third kappa shape index (κ3) is 1.92. The van der Waals surface area contributed by atoms with E-state index in [0.29, 0.717) is 32.7 Å². The number of likely N-dealkylation sites (tertiary alicyclic amines) is 1. The highest BCUT2D eigenvalue weighted by Crippen LogP contribution is 2.31. The van der Waals surface area contributed by atoms with Gasteiger partial charge in [0.1, 0.15) is 6.04 Å². The van der Waals surface area contributed by atoms with E-state index in [1.165, 1.54) is 4.90 Å². The third-order valence-corrected chi connectivity index (χ3v) is 4.28. The Morgan fingerprint density at radius 2 is 2.10 bits per heavy atom. The number of amides is 4. The number of hydrogen-bond donors (Lipinski definition) is 0.